The van der Waals surface area contributed by atoms with Gasteiger partial charge >= 0.3 is 0 Å². The number of pyridine rings is 1. The van der Waals surface area contributed by atoms with Crippen LogP contribution in [0.4, 0.5) is 0 Å². The Bertz CT molecular complexity index is 661. The largest absolute Gasteiger partial charge is 0.262 e. The fourth-order valence-corrected chi connectivity index (χ4v) is 1.91. The minimum Gasteiger partial charge on any atom is -0.262 e. The number of nitrogens with zero attached hydrogens (tertiary/aromatic N) is 3. The van der Waals surface area contributed by atoms with E-state index in [9.17, 15) is 0 Å². The second kappa shape index (κ2) is 5.20. The van der Waals surface area contributed by atoms with Gasteiger partial charge in [-0.25, -0.2) is 9.97 Å². The van der Waals surface area contributed by atoms with Gasteiger partial charge in [-0.1, -0.05) is 48.0 Å². The van der Waals surface area contributed by atoms with E-state index < -0.39 is 0 Å². The number of benzene rings is 1. The zero-order chi connectivity index (χ0) is 13.1. The minimum absolute atomic E-state index is 0.492. The Morgan fingerprint density at radius 2 is 1.89 bits per heavy atom. The number of rotatable bonds is 3. The van der Waals surface area contributed by atoms with Crippen molar-refractivity contribution in [2.24, 2.45) is 0 Å². The molecule has 1 N–H and O–H groups in total. The van der Waals surface area contributed by atoms with Crippen molar-refractivity contribution in [2.45, 2.75) is 6.42 Å². The van der Waals surface area contributed by atoms with Gasteiger partial charge in [0.15, 0.2) is 5.82 Å². The Labute approximate surface area is 115 Å². The first kappa shape index (κ1) is 11.9. The van der Waals surface area contributed by atoms with Gasteiger partial charge in [-0.3, -0.25) is 5.10 Å². The van der Waals surface area contributed by atoms with E-state index >= 15 is 0 Å². The number of hydrogen-bond acceptors (Lipinski definition) is 3. The van der Waals surface area contributed by atoms with Crippen molar-refractivity contribution in [2.75, 3.05) is 0 Å². The molecule has 0 radical (unpaired) electrons. The maximum atomic E-state index is 5.75. The molecule has 0 amide bonds. The highest BCUT2D eigenvalue weighted by Crippen LogP contribution is 2.15. The van der Waals surface area contributed by atoms with Gasteiger partial charge in [-0.2, -0.15) is 5.10 Å². The monoisotopic (exact) mass is 270 g/mol. The first-order valence-electron chi connectivity index (χ1n) is 5.88. The molecule has 94 valence electrons. The van der Waals surface area contributed by atoms with Gasteiger partial charge in [0.05, 0.1) is 0 Å². The van der Waals surface area contributed by atoms with E-state index in [1.54, 1.807) is 12.3 Å². The predicted octanol–water partition coefficient (Wildman–Crippen LogP) is 3.11. The Kier molecular flexibility index (Phi) is 3.25. The van der Waals surface area contributed by atoms with Crippen molar-refractivity contribution >= 4 is 11.6 Å². The summed E-state index contributed by atoms with van der Waals surface area (Å²) < 4.78 is 0. The van der Waals surface area contributed by atoms with Crippen molar-refractivity contribution < 1.29 is 0 Å². The van der Waals surface area contributed by atoms with Gasteiger partial charge in [0, 0.05) is 18.2 Å². The predicted molar refractivity (Wildman–Crippen MR) is 73.9 cm³/mol. The fourth-order valence-electron chi connectivity index (χ4n) is 1.80. The number of aromatic nitrogens is 4. The minimum atomic E-state index is 0.492. The van der Waals surface area contributed by atoms with Crippen LogP contribution in [0.1, 0.15) is 11.4 Å². The Morgan fingerprint density at radius 1 is 1.05 bits per heavy atom. The molecule has 0 aliphatic carbocycles. The topological polar surface area (TPSA) is 54.5 Å². The summed E-state index contributed by atoms with van der Waals surface area (Å²) in [5, 5.41) is 7.65. The van der Waals surface area contributed by atoms with Crippen molar-refractivity contribution in [3.8, 4) is 11.4 Å². The number of hydrogen-bond donors (Lipinski definition) is 1. The third-order valence-corrected chi connectivity index (χ3v) is 2.95. The summed E-state index contributed by atoms with van der Waals surface area (Å²) in [7, 11) is 0. The van der Waals surface area contributed by atoms with Crippen molar-refractivity contribution in [3.05, 3.63) is 65.2 Å². The number of nitrogens with one attached hydrogen (secondary N) is 1. The van der Waals surface area contributed by atoms with E-state index in [4.69, 9.17) is 11.6 Å². The number of aromatic amines is 1. The molecule has 3 aromatic rings. The normalized spacial score (nSPS) is 10.6. The molecule has 0 aliphatic heterocycles. The standard InChI is InChI=1S/C14H11ClN4/c15-12-7-6-10(9-16-12)8-13-17-14(19-18-13)11-4-2-1-3-5-11/h1-7,9H,8H2,(H,17,18,19). The maximum absolute atomic E-state index is 5.75. The lowest BCUT2D eigenvalue weighted by Gasteiger charge is -1.96. The van der Waals surface area contributed by atoms with Crippen LogP contribution in [0.5, 0.6) is 0 Å². The summed E-state index contributed by atoms with van der Waals surface area (Å²) in [6.45, 7) is 0. The smallest absolute Gasteiger partial charge is 0.181 e. The molecule has 5 heteroatoms. The van der Waals surface area contributed by atoms with Crippen LogP contribution in [0, 0.1) is 0 Å². The van der Waals surface area contributed by atoms with Gasteiger partial charge in [0.2, 0.25) is 0 Å². The molecule has 0 unspecified atom stereocenters. The SMILES string of the molecule is Clc1ccc(Cc2nc(-c3ccccc3)n[nH]2)cn1. The summed E-state index contributed by atoms with van der Waals surface area (Å²) in [6.07, 6.45) is 2.40. The molecular formula is C14H11ClN4. The maximum Gasteiger partial charge on any atom is 0.181 e. The Balaban J connectivity index is 1.80. The third-order valence-electron chi connectivity index (χ3n) is 2.72. The Hall–Kier alpha value is -2.20. The van der Waals surface area contributed by atoms with Crippen molar-refractivity contribution in [1.82, 2.24) is 20.2 Å². The fraction of sp³-hybridized carbons (Fsp3) is 0.0714. The second-order valence-corrected chi connectivity index (χ2v) is 4.52. The van der Waals surface area contributed by atoms with Gasteiger partial charge < -0.3 is 0 Å². The average Bonchev–Trinajstić information content (AvgIpc) is 2.91. The molecule has 1 aromatic carbocycles. The van der Waals surface area contributed by atoms with Crippen LogP contribution in [0.2, 0.25) is 5.15 Å². The van der Waals surface area contributed by atoms with Crippen LogP contribution in [0.15, 0.2) is 48.7 Å². The number of halogens is 1. The van der Waals surface area contributed by atoms with Gasteiger partial charge in [0.1, 0.15) is 11.0 Å². The summed E-state index contributed by atoms with van der Waals surface area (Å²) in [5.41, 5.74) is 2.04. The molecule has 2 aromatic heterocycles. The number of H-pyrrole nitrogens is 1. The summed E-state index contributed by atoms with van der Waals surface area (Å²) >= 11 is 5.75. The van der Waals surface area contributed by atoms with Crippen LogP contribution in [-0.4, -0.2) is 20.2 Å². The molecular weight excluding hydrogens is 260 g/mol. The molecule has 19 heavy (non-hydrogen) atoms. The van der Waals surface area contributed by atoms with Gasteiger partial charge in [0.25, 0.3) is 0 Å². The summed E-state index contributed by atoms with van der Waals surface area (Å²) in [6, 6.07) is 13.6. The van der Waals surface area contributed by atoms with Gasteiger partial charge in [-0.05, 0) is 11.6 Å². The van der Waals surface area contributed by atoms with Crippen molar-refractivity contribution in [1.29, 1.82) is 0 Å². The first-order valence-corrected chi connectivity index (χ1v) is 6.26. The average molecular weight is 271 g/mol. The van der Waals surface area contributed by atoms with Crippen LogP contribution >= 0.6 is 11.6 Å². The quantitative estimate of drug-likeness (QED) is 0.744. The molecule has 0 saturated heterocycles. The van der Waals surface area contributed by atoms with Crippen LogP contribution in [-0.2, 0) is 6.42 Å². The molecule has 0 aliphatic rings. The molecule has 0 atom stereocenters. The lowest BCUT2D eigenvalue weighted by molar-refractivity contribution is 0.966. The first-order chi connectivity index (χ1) is 9.31. The van der Waals surface area contributed by atoms with E-state index in [0.29, 0.717) is 17.4 Å². The lowest BCUT2D eigenvalue weighted by Crippen LogP contribution is -1.91. The highest BCUT2D eigenvalue weighted by atomic mass is 35.5. The molecule has 0 fully saturated rings. The van der Waals surface area contributed by atoms with E-state index in [-0.39, 0.29) is 0 Å². The molecule has 2 heterocycles. The van der Waals surface area contributed by atoms with Gasteiger partial charge in [-0.15, -0.1) is 0 Å². The van der Waals surface area contributed by atoms with Crippen molar-refractivity contribution in [3.63, 3.8) is 0 Å². The zero-order valence-electron chi connectivity index (χ0n) is 10.0. The third kappa shape index (κ3) is 2.80. The highest BCUT2D eigenvalue weighted by molar-refractivity contribution is 6.29. The highest BCUT2D eigenvalue weighted by Gasteiger charge is 2.06. The lowest BCUT2D eigenvalue weighted by atomic mass is 10.2. The summed E-state index contributed by atoms with van der Waals surface area (Å²) in [5.74, 6) is 1.51. The van der Waals surface area contributed by atoms with Crippen LogP contribution in [0.3, 0.4) is 0 Å². The van der Waals surface area contributed by atoms with Crippen LogP contribution < -0.4 is 0 Å². The molecule has 0 spiro atoms. The van der Waals surface area contributed by atoms with Crippen LogP contribution in [0.25, 0.3) is 11.4 Å². The molecule has 3 rings (SSSR count). The van der Waals surface area contributed by atoms with E-state index in [2.05, 4.69) is 20.2 Å². The summed E-state index contributed by atoms with van der Waals surface area (Å²) in [4.78, 5) is 8.51. The molecule has 4 nitrogen and oxygen atoms in total. The Morgan fingerprint density at radius 3 is 2.63 bits per heavy atom. The second-order valence-electron chi connectivity index (χ2n) is 4.14. The molecule has 0 saturated carbocycles. The molecule has 0 bridgehead atoms. The van der Waals surface area contributed by atoms with E-state index in [0.717, 1.165) is 17.0 Å². The van der Waals surface area contributed by atoms with E-state index in [1.165, 1.54) is 0 Å². The zero-order valence-corrected chi connectivity index (χ0v) is 10.8. The van der Waals surface area contributed by atoms with E-state index in [1.807, 2.05) is 36.4 Å².